The minimum absolute atomic E-state index is 0.179. The van der Waals surface area contributed by atoms with Crippen molar-refractivity contribution in [3.8, 4) is 0 Å². The fraction of sp³-hybridized carbons (Fsp3) is 0.176. The predicted molar refractivity (Wildman–Crippen MR) is 88.5 cm³/mol. The van der Waals surface area contributed by atoms with Crippen LogP contribution in [0, 0.1) is 6.92 Å². The maximum atomic E-state index is 12.2. The second-order valence-corrected chi connectivity index (χ2v) is 5.53. The Kier molecular flexibility index (Phi) is 4.24. The van der Waals surface area contributed by atoms with E-state index in [-0.39, 0.29) is 6.42 Å². The van der Waals surface area contributed by atoms with Crippen LogP contribution in [-0.2, 0) is 9.59 Å². The number of benzene rings is 1. The first-order valence-electron chi connectivity index (χ1n) is 7.46. The molecule has 0 spiro atoms. The number of nitrogens with zero attached hydrogens (tertiary/aromatic N) is 1. The summed E-state index contributed by atoms with van der Waals surface area (Å²) in [5.74, 6) is -0.820. The Morgan fingerprint density at radius 2 is 2.04 bits per heavy atom. The first kappa shape index (κ1) is 15.7. The van der Waals surface area contributed by atoms with E-state index in [9.17, 15) is 14.4 Å². The SMILES string of the molecule is Cc1ccnc(NC(=O)C[C@@H]2NC(=O)c3ccccc3NC2=O)c1. The number of carbonyl (C=O) groups excluding carboxylic acids is 3. The lowest BCUT2D eigenvalue weighted by molar-refractivity contribution is -0.122. The number of hydrogen-bond donors (Lipinski definition) is 3. The summed E-state index contributed by atoms with van der Waals surface area (Å²) in [7, 11) is 0. The molecule has 1 atom stereocenters. The molecule has 1 aliphatic heterocycles. The standard InChI is InChI=1S/C17H16N4O3/c1-10-6-7-18-14(8-10)21-15(22)9-13-17(24)19-12-5-3-2-4-11(12)16(23)20-13/h2-8,13H,9H2,1H3,(H,19,24)(H,20,23)(H,18,21,22)/t13-/m0/s1. The van der Waals surface area contributed by atoms with Gasteiger partial charge in [-0.2, -0.15) is 0 Å². The van der Waals surface area contributed by atoms with Gasteiger partial charge in [0.25, 0.3) is 5.91 Å². The van der Waals surface area contributed by atoms with Crippen LogP contribution >= 0.6 is 0 Å². The van der Waals surface area contributed by atoms with E-state index >= 15 is 0 Å². The maximum Gasteiger partial charge on any atom is 0.254 e. The molecular formula is C17H16N4O3. The van der Waals surface area contributed by atoms with Crippen LogP contribution in [0.3, 0.4) is 0 Å². The summed E-state index contributed by atoms with van der Waals surface area (Å²) in [5, 5.41) is 7.87. The Morgan fingerprint density at radius 1 is 1.25 bits per heavy atom. The Balaban J connectivity index is 1.70. The summed E-state index contributed by atoms with van der Waals surface area (Å²) < 4.78 is 0. The van der Waals surface area contributed by atoms with Gasteiger partial charge in [0.2, 0.25) is 11.8 Å². The molecule has 1 aromatic carbocycles. The predicted octanol–water partition coefficient (Wildman–Crippen LogP) is 1.47. The van der Waals surface area contributed by atoms with E-state index in [1.54, 1.807) is 36.5 Å². The molecule has 2 aromatic rings. The molecule has 0 saturated heterocycles. The highest BCUT2D eigenvalue weighted by atomic mass is 16.2. The number of fused-ring (bicyclic) bond motifs is 1. The van der Waals surface area contributed by atoms with E-state index in [2.05, 4.69) is 20.9 Å². The second-order valence-electron chi connectivity index (χ2n) is 5.53. The minimum atomic E-state index is -0.949. The molecule has 3 amide bonds. The molecule has 2 heterocycles. The number of amides is 3. The molecule has 1 aliphatic rings. The Bertz CT molecular complexity index is 819. The van der Waals surface area contributed by atoms with Crippen LogP contribution in [0.4, 0.5) is 11.5 Å². The Morgan fingerprint density at radius 3 is 2.83 bits per heavy atom. The van der Waals surface area contributed by atoms with Crippen molar-refractivity contribution in [1.82, 2.24) is 10.3 Å². The van der Waals surface area contributed by atoms with Gasteiger partial charge in [0.15, 0.2) is 0 Å². The molecule has 3 rings (SSSR count). The fourth-order valence-corrected chi connectivity index (χ4v) is 2.44. The van der Waals surface area contributed by atoms with Crippen molar-refractivity contribution in [2.75, 3.05) is 10.6 Å². The average molecular weight is 324 g/mol. The highest BCUT2D eigenvalue weighted by Gasteiger charge is 2.29. The van der Waals surface area contributed by atoms with Crippen molar-refractivity contribution in [1.29, 1.82) is 0 Å². The summed E-state index contributed by atoms with van der Waals surface area (Å²) in [6, 6.07) is 9.28. The van der Waals surface area contributed by atoms with Crippen molar-refractivity contribution >= 4 is 29.2 Å². The summed E-state index contributed by atoms with van der Waals surface area (Å²) in [4.78, 5) is 40.6. The molecule has 1 aromatic heterocycles. The highest BCUT2D eigenvalue weighted by molar-refractivity contribution is 6.11. The van der Waals surface area contributed by atoms with Gasteiger partial charge in [-0.15, -0.1) is 0 Å². The molecule has 0 unspecified atom stereocenters. The van der Waals surface area contributed by atoms with Crippen LogP contribution in [0.5, 0.6) is 0 Å². The molecule has 24 heavy (non-hydrogen) atoms. The zero-order valence-electron chi connectivity index (χ0n) is 13.0. The van der Waals surface area contributed by atoms with Crippen LogP contribution in [0.25, 0.3) is 0 Å². The van der Waals surface area contributed by atoms with E-state index in [1.165, 1.54) is 0 Å². The molecule has 0 saturated carbocycles. The normalized spacial score (nSPS) is 16.5. The molecule has 3 N–H and O–H groups in total. The Labute approximate surface area is 138 Å². The molecule has 7 heteroatoms. The summed E-state index contributed by atoms with van der Waals surface area (Å²) in [6.07, 6.45) is 1.41. The van der Waals surface area contributed by atoms with Crippen molar-refractivity contribution in [2.45, 2.75) is 19.4 Å². The first-order valence-corrected chi connectivity index (χ1v) is 7.46. The van der Waals surface area contributed by atoms with Gasteiger partial charge in [0, 0.05) is 6.20 Å². The van der Waals surface area contributed by atoms with E-state index < -0.39 is 23.8 Å². The zero-order chi connectivity index (χ0) is 17.1. The number of aryl methyl sites for hydroxylation is 1. The molecule has 7 nitrogen and oxygen atoms in total. The van der Waals surface area contributed by atoms with Gasteiger partial charge in [0.1, 0.15) is 11.9 Å². The van der Waals surface area contributed by atoms with E-state index in [0.717, 1.165) is 5.56 Å². The molecule has 0 radical (unpaired) electrons. The molecule has 0 bridgehead atoms. The van der Waals surface area contributed by atoms with Crippen molar-refractivity contribution in [2.24, 2.45) is 0 Å². The number of carbonyl (C=O) groups is 3. The molecular weight excluding hydrogens is 308 g/mol. The van der Waals surface area contributed by atoms with Crippen LogP contribution in [0.2, 0.25) is 0 Å². The number of aromatic nitrogens is 1. The lowest BCUT2D eigenvalue weighted by atomic mass is 10.1. The maximum absolute atomic E-state index is 12.2. The van der Waals surface area contributed by atoms with Gasteiger partial charge in [-0.25, -0.2) is 4.98 Å². The summed E-state index contributed by atoms with van der Waals surface area (Å²) in [6.45, 7) is 1.88. The van der Waals surface area contributed by atoms with Gasteiger partial charge >= 0.3 is 0 Å². The summed E-state index contributed by atoms with van der Waals surface area (Å²) in [5.41, 5.74) is 1.76. The third kappa shape index (κ3) is 3.40. The number of nitrogens with one attached hydrogen (secondary N) is 3. The molecule has 0 aliphatic carbocycles. The number of para-hydroxylation sites is 1. The van der Waals surface area contributed by atoms with E-state index in [1.807, 2.05) is 13.0 Å². The lowest BCUT2D eigenvalue weighted by Gasteiger charge is -2.14. The lowest BCUT2D eigenvalue weighted by Crippen LogP contribution is -2.43. The number of hydrogen-bond acceptors (Lipinski definition) is 4. The third-order valence-electron chi connectivity index (χ3n) is 3.62. The minimum Gasteiger partial charge on any atom is -0.340 e. The van der Waals surface area contributed by atoms with Crippen LogP contribution in [-0.4, -0.2) is 28.7 Å². The largest absolute Gasteiger partial charge is 0.340 e. The van der Waals surface area contributed by atoms with Gasteiger partial charge in [0.05, 0.1) is 17.7 Å². The average Bonchev–Trinajstić information content (AvgIpc) is 2.65. The fourth-order valence-electron chi connectivity index (χ4n) is 2.44. The highest BCUT2D eigenvalue weighted by Crippen LogP contribution is 2.19. The van der Waals surface area contributed by atoms with Crippen molar-refractivity contribution < 1.29 is 14.4 Å². The zero-order valence-corrected chi connectivity index (χ0v) is 13.0. The summed E-state index contributed by atoms with van der Waals surface area (Å²) >= 11 is 0. The van der Waals surface area contributed by atoms with Crippen molar-refractivity contribution in [3.63, 3.8) is 0 Å². The molecule has 122 valence electrons. The topological polar surface area (TPSA) is 100 Å². The monoisotopic (exact) mass is 324 g/mol. The second kappa shape index (κ2) is 6.49. The number of pyridine rings is 1. The smallest absolute Gasteiger partial charge is 0.254 e. The van der Waals surface area contributed by atoms with Crippen molar-refractivity contribution in [3.05, 3.63) is 53.7 Å². The van der Waals surface area contributed by atoms with Gasteiger partial charge in [-0.3, -0.25) is 14.4 Å². The van der Waals surface area contributed by atoms with E-state index in [0.29, 0.717) is 17.1 Å². The van der Waals surface area contributed by atoms with Crippen LogP contribution in [0.15, 0.2) is 42.6 Å². The molecule has 0 fully saturated rings. The van der Waals surface area contributed by atoms with E-state index in [4.69, 9.17) is 0 Å². The van der Waals surface area contributed by atoms with Gasteiger partial charge in [-0.05, 0) is 36.8 Å². The number of rotatable bonds is 3. The first-order chi connectivity index (χ1) is 11.5. The van der Waals surface area contributed by atoms with Gasteiger partial charge < -0.3 is 16.0 Å². The quantitative estimate of drug-likeness (QED) is 0.796. The van der Waals surface area contributed by atoms with Crippen LogP contribution in [0.1, 0.15) is 22.3 Å². The third-order valence-corrected chi connectivity index (χ3v) is 3.62. The number of anilines is 2. The van der Waals surface area contributed by atoms with Crippen LogP contribution < -0.4 is 16.0 Å². The van der Waals surface area contributed by atoms with Gasteiger partial charge in [-0.1, -0.05) is 12.1 Å². The Hall–Kier alpha value is -3.22.